The van der Waals surface area contributed by atoms with Gasteiger partial charge in [-0.1, -0.05) is 13.8 Å². The molecule has 1 heterocycles. The Morgan fingerprint density at radius 1 is 1.19 bits per heavy atom. The van der Waals surface area contributed by atoms with Gasteiger partial charge in [0.05, 0.1) is 11.7 Å². The van der Waals surface area contributed by atoms with Crippen molar-refractivity contribution >= 4 is 0 Å². The van der Waals surface area contributed by atoms with E-state index in [9.17, 15) is 0 Å². The van der Waals surface area contributed by atoms with Crippen LogP contribution in [0.3, 0.4) is 0 Å². The van der Waals surface area contributed by atoms with Gasteiger partial charge in [-0.2, -0.15) is 0 Å². The molecule has 2 heteroatoms. The van der Waals surface area contributed by atoms with Crippen LogP contribution in [0.2, 0.25) is 0 Å². The molecule has 1 saturated heterocycles. The number of hydrogen-bond acceptors (Lipinski definition) is 2. The smallest absolute Gasteiger partial charge is 0.0653 e. The lowest BCUT2D eigenvalue weighted by Gasteiger charge is -2.39. The van der Waals surface area contributed by atoms with Crippen molar-refractivity contribution in [3.8, 4) is 0 Å². The number of piperidine rings is 1. The predicted molar refractivity (Wildman–Crippen MR) is 69.8 cm³/mol. The predicted octanol–water partition coefficient (Wildman–Crippen LogP) is 3.45. The number of rotatable bonds is 5. The summed E-state index contributed by atoms with van der Waals surface area (Å²) in [6, 6.07) is 0.685. The molecule has 0 N–H and O–H groups in total. The number of ether oxygens (including phenoxy) is 1. The van der Waals surface area contributed by atoms with Gasteiger partial charge in [0.2, 0.25) is 0 Å². The molecule has 0 aromatic heterocycles. The molecule has 0 aliphatic carbocycles. The van der Waals surface area contributed by atoms with Crippen molar-refractivity contribution in [3.05, 3.63) is 0 Å². The molecule has 0 amide bonds. The van der Waals surface area contributed by atoms with Crippen molar-refractivity contribution in [1.29, 1.82) is 0 Å². The monoisotopic (exact) mass is 227 g/mol. The Bertz CT molecular complexity index is 191. The summed E-state index contributed by atoms with van der Waals surface area (Å²) in [4.78, 5) is 2.55. The maximum atomic E-state index is 6.28. The van der Waals surface area contributed by atoms with Crippen molar-refractivity contribution in [3.63, 3.8) is 0 Å². The molecule has 1 rings (SSSR count). The van der Waals surface area contributed by atoms with E-state index >= 15 is 0 Å². The first kappa shape index (κ1) is 14.0. The number of nitrogens with zero attached hydrogens (tertiary/aromatic N) is 1. The lowest BCUT2D eigenvalue weighted by Crippen LogP contribution is -2.43. The Kier molecular flexibility index (Phi) is 5.26. The van der Waals surface area contributed by atoms with E-state index in [0.717, 1.165) is 12.8 Å². The van der Waals surface area contributed by atoms with E-state index in [0.29, 0.717) is 12.1 Å². The summed E-state index contributed by atoms with van der Waals surface area (Å²) in [5, 5.41) is 0. The highest BCUT2D eigenvalue weighted by atomic mass is 16.5. The highest BCUT2D eigenvalue weighted by molar-refractivity contribution is 4.79. The summed E-state index contributed by atoms with van der Waals surface area (Å²) in [5.74, 6) is 0. The van der Waals surface area contributed by atoms with Gasteiger partial charge in [0.25, 0.3) is 0 Å². The molecule has 0 aromatic rings. The van der Waals surface area contributed by atoms with Crippen LogP contribution in [0.4, 0.5) is 0 Å². The van der Waals surface area contributed by atoms with E-state index in [1.807, 2.05) is 0 Å². The third-order valence-electron chi connectivity index (χ3n) is 4.15. The maximum absolute atomic E-state index is 6.28. The van der Waals surface area contributed by atoms with Crippen molar-refractivity contribution in [1.82, 2.24) is 4.90 Å². The molecule has 0 unspecified atom stereocenters. The van der Waals surface area contributed by atoms with Crippen molar-refractivity contribution in [2.45, 2.75) is 78.0 Å². The largest absolute Gasteiger partial charge is 0.372 e. The van der Waals surface area contributed by atoms with Crippen molar-refractivity contribution < 1.29 is 4.74 Å². The van der Waals surface area contributed by atoms with Gasteiger partial charge in [-0.3, -0.25) is 0 Å². The fraction of sp³-hybridized carbons (Fsp3) is 1.00. The number of likely N-dealkylation sites (tertiary alicyclic amines) is 1. The Balaban J connectivity index is 2.37. The maximum Gasteiger partial charge on any atom is 0.0653 e. The topological polar surface area (TPSA) is 12.5 Å². The first-order chi connectivity index (χ1) is 7.50. The SMILES string of the molecule is CCC(C)(CC)OC1CCN(C(C)C)CC1. The molecular weight excluding hydrogens is 198 g/mol. The summed E-state index contributed by atoms with van der Waals surface area (Å²) in [5.41, 5.74) is 0.102. The fourth-order valence-corrected chi connectivity index (χ4v) is 2.33. The van der Waals surface area contributed by atoms with Crippen LogP contribution in [0.25, 0.3) is 0 Å². The lowest BCUT2D eigenvalue weighted by molar-refractivity contribution is -0.107. The van der Waals surface area contributed by atoms with Crippen molar-refractivity contribution in [2.24, 2.45) is 0 Å². The van der Waals surface area contributed by atoms with Gasteiger partial charge in [0, 0.05) is 19.1 Å². The van der Waals surface area contributed by atoms with Crippen LogP contribution in [0.15, 0.2) is 0 Å². The quantitative estimate of drug-likeness (QED) is 0.713. The minimum absolute atomic E-state index is 0.102. The second-order valence-corrected chi connectivity index (χ2v) is 5.60. The average molecular weight is 227 g/mol. The average Bonchev–Trinajstić information content (AvgIpc) is 2.29. The molecule has 0 atom stereocenters. The minimum Gasteiger partial charge on any atom is -0.372 e. The van der Waals surface area contributed by atoms with Crippen molar-refractivity contribution in [2.75, 3.05) is 13.1 Å². The van der Waals surface area contributed by atoms with E-state index in [2.05, 4.69) is 39.5 Å². The molecule has 0 aromatic carbocycles. The van der Waals surface area contributed by atoms with Gasteiger partial charge < -0.3 is 9.64 Å². The van der Waals surface area contributed by atoms with Crippen LogP contribution in [0.5, 0.6) is 0 Å². The summed E-state index contributed by atoms with van der Waals surface area (Å²) < 4.78 is 6.28. The van der Waals surface area contributed by atoms with E-state index in [-0.39, 0.29) is 5.60 Å². The standard InChI is InChI=1S/C14H29NO/c1-6-14(5,7-2)16-13-8-10-15(11-9-13)12(3)4/h12-13H,6-11H2,1-5H3. The van der Waals surface area contributed by atoms with Crippen LogP contribution >= 0.6 is 0 Å². The zero-order chi connectivity index (χ0) is 12.2. The summed E-state index contributed by atoms with van der Waals surface area (Å²) >= 11 is 0. The molecular formula is C14H29NO. The van der Waals surface area contributed by atoms with E-state index < -0.39 is 0 Å². The molecule has 1 fully saturated rings. The lowest BCUT2D eigenvalue weighted by atomic mass is 9.98. The molecule has 1 aliphatic heterocycles. The molecule has 16 heavy (non-hydrogen) atoms. The second kappa shape index (κ2) is 6.02. The molecule has 2 nitrogen and oxygen atoms in total. The first-order valence-electron chi connectivity index (χ1n) is 6.92. The van der Waals surface area contributed by atoms with Crippen LogP contribution in [0, 0.1) is 0 Å². The zero-order valence-electron chi connectivity index (χ0n) is 11.8. The van der Waals surface area contributed by atoms with E-state index in [1.165, 1.54) is 25.9 Å². The molecule has 0 radical (unpaired) electrons. The Morgan fingerprint density at radius 3 is 2.06 bits per heavy atom. The van der Waals surface area contributed by atoms with Gasteiger partial charge in [-0.05, 0) is 46.5 Å². The summed E-state index contributed by atoms with van der Waals surface area (Å²) in [6.07, 6.45) is 5.13. The highest BCUT2D eigenvalue weighted by Gasteiger charge is 2.28. The van der Waals surface area contributed by atoms with Crippen LogP contribution in [-0.2, 0) is 4.74 Å². The summed E-state index contributed by atoms with van der Waals surface area (Å²) in [6.45, 7) is 13.7. The molecule has 1 aliphatic rings. The first-order valence-corrected chi connectivity index (χ1v) is 6.92. The fourth-order valence-electron chi connectivity index (χ4n) is 2.33. The van der Waals surface area contributed by atoms with Gasteiger partial charge in [0.15, 0.2) is 0 Å². The van der Waals surface area contributed by atoms with Crippen LogP contribution in [-0.4, -0.2) is 35.7 Å². The normalized spacial score (nSPS) is 20.6. The van der Waals surface area contributed by atoms with Gasteiger partial charge in [-0.25, -0.2) is 0 Å². The van der Waals surface area contributed by atoms with Crippen LogP contribution < -0.4 is 0 Å². The number of hydrogen-bond donors (Lipinski definition) is 0. The third-order valence-corrected chi connectivity index (χ3v) is 4.15. The third kappa shape index (κ3) is 3.74. The Morgan fingerprint density at radius 2 is 1.69 bits per heavy atom. The highest BCUT2D eigenvalue weighted by Crippen LogP contribution is 2.26. The molecule has 0 bridgehead atoms. The summed E-state index contributed by atoms with van der Waals surface area (Å²) in [7, 11) is 0. The van der Waals surface area contributed by atoms with E-state index in [4.69, 9.17) is 4.74 Å². The van der Waals surface area contributed by atoms with Crippen LogP contribution in [0.1, 0.15) is 60.3 Å². The molecule has 0 saturated carbocycles. The van der Waals surface area contributed by atoms with Gasteiger partial charge in [-0.15, -0.1) is 0 Å². The zero-order valence-corrected chi connectivity index (χ0v) is 11.8. The van der Waals surface area contributed by atoms with Gasteiger partial charge in [0.1, 0.15) is 0 Å². The molecule has 96 valence electrons. The molecule has 0 spiro atoms. The van der Waals surface area contributed by atoms with Gasteiger partial charge >= 0.3 is 0 Å². The Hall–Kier alpha value is -0.0800. The minimum atomic E-state index is 0.102. The second-order valence-electron chi connectivity index (χ2n) is 5.60. The van der Waals surface area contributed by atoms with E-state index in [1.54, 1.807) is 0 Å². The Labute approximate surface area is 101 Å².